The van der Waals surface area contributed by atoms with Crippen LogP contribution in [0.5, 0.6) is 11.6 Å². The topological polar surface area (TPSA) is 82.3 Å². The summed E-state index contributed by atoms with van der Waals surface area (Å²) in [6.45, 7) is 1.45. The van der Waals surface area contributed by atoms with Crippen LogP contribution in [0.3, 0.4) is 0 Å². The number of amides is 1. The van der Waals surface area contributed by atoms with Crippen LogP contribution in [0.25, 0.3) is 0 Å². The third-order valence-electron chi connectivity index (χ3n) is 2.51. The second-order valence-corrected chi connectivity index (χ2v) is 3.90. The number of para-hydroxylation sites is 1. The van der Waals surface area contributed by atoms with Crippen molar-refractivity contribution in [2.24, 2.45) is 5.73 Å². The molecule has 1 amide bonds. The molecule has 0 atom stereocenters. The van der Waals surface area contributed by atoms with Gasteiger partial charge in [0.1, 0.15) is 5.75 Å². The number of aromatic nitrogens is 1. The zero-order valence-corrected chi connectivity index (χ0v) is 10.3. The van der Waals surface area contributed by atoms with E-state index in [2.05, 4.69) is 4.98 Å². The Morgan fingerprint density at radius 2 is 1.95 bits per heavy atom. The molecule has 0 unspecified atom stereocenters. The number of nitrogens with two attached hydrogens (primary N) is 1. The first-order valence-electron chi connectivity index (χ1n) is 5.61. The maximum Gasteiger partial charge on any atom is 0.252 e. The summed E-state index contributed by atoms with van der Waals surface area (Å²) in [5.41, 5.74) is 6.00. The second kappa shape index (κ2) is 5.30. The van der Waals surface area contributed by atoms with Gasteiger partial charge in [0, 0.05) is 17.8 Å². The van der Waals surface area contributed by atoms with Crippen molar-refractivity contribution in [1.29, 1.82) is 0 Å². The first-order valence-corrected chi connectivity index (χ1v) is 5.61. The number of ketones is 1. The molecule has 2 rings (SSSR count). The highest BCUT2D eigenvalue weighted by molar-refractivity contribution is 5.96. The molecule has 2 aromatic rings. The summed E-state index contributed by atoms with van der Waals surface area (Å²) in [6, 6.07) is 9.69. The summed E-state index contributed by atoms with van der Waals surface area (Å²) in [7, 11) is 0. The number of Topliss-reactive ketones (excluding diaryl/α,β-unsaturated/α-hetero) is 1. The van der Waals surface area contributed by atoms with E-state index in [-0.39, 0.29) is 17.2 Å². The predicted octanol–water partition coefficient (Wildman–Crippen LogP) is 2.18. The van der Waals surface area contributed by atoms with Crippen LogP contribution in [-0.2, 0) is 0 Å². The highest BCUT2D eigenvalue weighted by Crippen LogP contribution is 2.24. The Hall–Kier alpha value is -2.69. The Morgan fingerprint density at radius 1 is 1.21 bits per heavy atom. The highest BCUT2D eigenvalue weighted by Gasteiger charge is 2.10. The maximum atomic E-state index is 11.3. The zero-order valence-electron chi connectivity index (χ0n) is 10.3. The van der Waals surface area contributed by atoms with Gasteiger partial charge in [-0.3, -0.25) is 9.59 Å². The lowest BCUT2D eigenvalue weighted by molar-refractivity contribution is 0.0993. The summed E-state index contributed by atoms with van der Waals surface area (Å²) in [4.78, 5) is 26.5. The number of nitrogens with zero attached hydrogens (tertiary/aromatic N) is 1. The Labute approximate surface area is 110 Å². The molecule has 5 nitrogen and oxygen atoms in total. The minimum Gasteiger partial charge on any atom is -0.438 e. The van der Waals surface area contributed by atoms with E-state index in [1.165, 1.54) is 19.2 Å². The van der Waals surface area contributed by atoms with Crippen molar-refractivity contribution in [3.05, 3.63) is 53.7 Å². The molecule has 19 heavy (non-hydrogen) atoms. The van der Waals surface area contributed by atoms with Crippen LogP contribution in [0.15, 0.2) is 42.6 Å². The summed E-state index contributed by atoms with van der Waals surface area (Å²) in [5.74, 6) is -0.127. The number of pyridine rings is 1. The SMILES string of the molecule is CC(=O)c1ccnc(Oc2ccccc2C(N)=O)c1. The van der Waals surface area contributed by atoms with E-state index < -0.39 is 5.91 Å². The third-order valence-corrected chi connectivity index (χ3v) is 2.51. The van der Waals surface area contributed by atoms with E-state index in [0.29, 0.717) is 11.3 Å². The van der Waals surface area contributed by atoms with Crippen LogP contribution in [0, 0.1) is 0 Å². The fraction of sp³-hybridized carbons (Fsp3) is 0.0714. The van der Waals surface area contributed by atoms with Gasteiger partial charge < -0.3 is 10.5 Å². The molecule has 0 aliphatic heterocycles. The van der Waals surface area contributed by atoms with Gasteiger partial charge >= 0.3 is 0 Å². The molecule has 0 saturated carbocycles. The van der Waals surface area contributed by atoms with Gasteiger partial charge in [0.15, 0.2) is 5.78 Å². The number of ether oxygens (including phenoxy) is 1. The first kappa shape index (κ1) is 12.8. The van der Waals surface area contributed by atoms with E-state index in [0.717, 1.165) is 0 Å². The molecule has 1 aromatic heterocycles. The average Bonchev–Trinajstić information content (AvgIpc) is 2.39. The summed E-state index contributed by atoms with van der Waals surface area (Å²) in [6.07, 6.45) is 1.47. The minimum atomic E-state index is -0.585. The lowest BCUT2D eigenvalue weighted by atomic mass is 10.2. The Morgan fingerprint density at radius 3 is 2.63 bits per heavy atom. The van der Waals surface area contributed by atoms with Gasteiger partial charge in [-0.1, -0.05) is 12.1 Å². The minimum absolute atomic E-state index is 0.0876. The Kier molecular flexibility index (Phi) is 3.56. The maximum absolute atomic E-state index is 11.3. The van der Waals surface area contributed by atoms with Gasteiger partial charge in [-0.25, -0.2) is 4.98 Å². The van der Waals surface area contributed by atoms with E-state index in [1.54, 1.807) is 30.3 Å². The normalized spacial score (nSPS) is 9.95. The van der Waals surface area contributed by atoms with Crippen molar-refractivity contribution in [1.82, 2.24) is 4.98 Å². The van der Waals surface area contributed by atoms with Crippen LogP contribution in [-0.4, -0.2) is 16.7 Å². The van der Waals surface area contributed by atoms with Crippen LogP contribution in [0.4, 0.5) is 0 Å². The molecule has 0 saturated heterocycles. The molecule has 0 aliphatic carbocycles. The molecular formula is C14H12N2O3. The van der Waals surface area contributed by atoms with Crippen LogP contribution < -0.4 is 10.5 Å². The number of hydrogen-bond acceptors (Lipinski definition) is 4. The van der Waals surface area contributed by atoms with Crippen molar-refractivity contribution < 1.29 is 14.3 Å². The van der Waals surface area contributed by atoms with Gasteiger partial charge in [-0.2, -0.15) is 0 Å². The van der Waals surface area contributed by atoms with Gasteiger partial charge in [0.05, 0.1) is 5.56 Å². The molecule has 0 spiro atoms. The number of benzene rings is 1. The van der Waals surface area contributed by atoms with Gasteiger partial charge in [0.25, 0.3) is 5.91 Å². The number of carbonyl (C=O) groups is 2. The molecule has 0 fully saturated rings. The third kappa shape index (κ3) is 2.95. The largest absolute Gasteiger partial charge is 0.438 e. The molecule has 1 heterocycles. The van der Waals surface area contributed by atoms with Crippen LogP contribution >= 0.6 is 0 Å². The smallest absolute Gasteiger partial charge is 0.252 e. The molecule has 0 radical (unpaired) electrons. The summed E-state index contributed by atoms with van der Waals surface area (Å²) >= 11 is 0. The molecule has 5 heteroatoms. The van der Waals surface area contributed by atoms with E-state index >= 15 is 0 Å². The summed E-state index contributed by atoms with van der Waals surface area (Å²) < 4.78 is 5.50. The van der Waals surface area contributed by atoms with Crippen molar-refractivity contribution in [2.45, 2.75) is 6.92 Å². The lowest BCUT2D eigenvalue weighted by Crippen LogP contribution is -2.12. The monoisotopic (exact) mass is 256 g/mol. The molecule has 0 aliphatic rings. The van der Waals surface area contributed by atoms with Crippen LogP contribution in [0.2, 0.25) is 0 Å². The predicted molar refractivity (Wildman–Crippen MR) is 69.3 cm³/mol. The molecule has 1 aromatic carbocycles. The molecule has 0 bridgehead atoms. The fourth-order valence-corrected chi connectivity index (χ4v) is 1.56. The quantitative estimate of drug-likeness (QED) is 0.850. The molecular weight excluding hydrogens is 244 g/mol. The van der Waals surface area contributed by atoms with Gasteiger partial charge in [0.2, 0.25) is 5.88 Å². The van der Waals surface area contributed by atoms with Gasteiger partial charge in [-0.05, 0) is 25.1 Å². The van der Waals surface area contributed by atoms with E-state index in [9.17, 15) is 9.59 Å². The Bertz CT molecular complexity index is 638. The second-order valence-electron chi connectivity index (χ2n) is 3.90. The molecule has 96 valence electrons. The zero-order chi connectivity index (χ0) is 13.8. The lowest BCUT2D eigenvalue weighted by Gasteiger charge is -2.08. The van der Waals surface area contributed by atoms with Crippen molar-refractivity contribution in [3.63, 3.8) is 0 Å². The van der Waals surface area contributed by atoms with E-state index in [1.807, 2.05) is 0 Å². The Balaban J connectivity index is 2.34. The first-order chi connectivity index (χ1) is 9.08. The van der Waals surface area contributed by atoms with Gasteiger partial charge in [-0.15, -0.1) is 0 Å². The number of hydrogen-bond donors (Lipinski definition) is 1. The van der Waals surface area contributed by atoms with Crippen molar-refractivity contribution in [2.75, 3.05) is 0 Å². The number of carbonyl (C=O) groups excluding carboxylic acids is 2. The summed E-state index contributed by atoms with van der Waals surface area (Å²) in [5, 5.41) is 0. The number of rotatable bonds is 4. The van der Waals surface area contributed by atoms with E-state index in [4.69, 9.17) is 10.5 Å². The average molecular weight is 256 g/mol. The van der Waals surface area contributed by atoms with Crippen LogP contribution in [0.1, 0.15) is 27.6 Å². The number of primary amides is 1. The fourth-order valence-electron chi connectivity index (χ4n) is 1.56. The highest BCUT2D eigenvalue weighted by atomic mass is 16.5. The standard InChI is InChI=1S/C14H12N2O3/c1-9(17)10-6-7-16-13(8-10)19-12-5-3-2-4-11(12)14(15)18/h2-8H,1H3,(H2,15,18). The van der Waals surface area contributed by atoms with Crippen molar-refractivity contribution in [3.8, 4) is 11.6 Å². The van der Waals surface area contributed by atoms with Crippen molar-refractivity contribution >= 4 is 11.7 Å². The molecule has 2 N–H and O–H groups in total.